The van der Waals surface area contributed by atoms with Gasteiger partial charge in [0.2, 0.25) is 0 Å². The maximum Gasteiger partial charge on any atom is 0.350 e. The third-order valence-electron chi connectivity index (χ3n) is 1.82. The molecule has 17 heavy (non-hydrogen) atoms. The van der Waals surface area contributed by atoms with Gasteiger partial charge in [-0.15, -0.1) is 0 Å². The molecule has 0 aliphatic heterocycles. The molecule has 1 aromatic carbocycles. The van der Waals surface area contributed by atoms with Crippen molar-refractivity contribution in [1.82, 2.24) is 0 Å². The summed E-state index contributed by atoms with van der Waals surface area (Å²) in [5, 5.41) is 11.4. The average molecular weight is 234 g/mol. The molecule has 0 fully saturated rings. The van der Waals surface area contributed by atoms with Gasteiger partial charge in [-0.2, -0.15) is 5.26 Å². The molecule has 88 valence electrons. The van der Waals surface area contributed by atoms with Gasteiger partial charge >= 0.3 is 5.97 Å². The third-order valence-corrected chi connectivity index (χ3v) is 1.82. The van der Waals surface area contributed by atoms with Crippen molar-refractivity contribution in [3.8, 4) is 6.07 Å². The van der Waals surface area contributed by atoms with Crippen LogP contribution in [0.15, 0.2) is 36.0 Å². The van der Waals surface area contributed by atoms with Crippen molar-refractivity contribution >= 4 is 11.7 Å². The smallest absolute Gasteiger partial charge is 0.350 e. The fourth-order valence-electron chi connectivity index (χ4n) is 1.08. The van der Waals surface area contributed by atoms with Crippen LogP contribution in [-0.2, 0) is 9.53 Å². The van der Waals surface area contributed by atoms with Gasteiger partial charge in [0.05, 0.1) is 6.61 Å². The summed E-state index contributed by atoms with van der Waals surface area (Å²) < 4.78 is 17.5. The van der Waals surface area contributed by atoms with Gasteiger partial charge in [-0.05, 0) is 25.1 Å². The van der Waals surface area contributed by atoms with E-state index in [9.17, 15) is 9.18 Å². The summed E-state index contributed by atoms with van der Waals surface area (Å²) in [4.78, 5) is 11.2. The molecule has 0 aliphatic rings. The SMILES string of the molecule is CCOC(=O)/C(C#N)=C\Nc1cccc(F)c1. The molecule has 0 bridgehead atoms. The number of hydrogen-bond acceptors (Lipinski definition) is 4. The Bertz CT molecular complexity index is 478. The molecule has 0 amide bonds. The number of anilines is 1. The van der Waals surface area contributed by atoms with Gasteiger partial charge in [-0.1, -0.05) is 6.07 Å². The average Bonchev–Trinajstić information content (AvgIpc) is 2.30. The quantitative estimate of drug-likeness (QED) is 0.493. The minimum Gasteiger partial charge on any atom is -0.462 e. The fourth-order valence-corrected chi connectivity index (χ4v) is 1.08. The maximum absolute atomic E-state index is 12.8. The highest BCUT2D eigenvalue weighted by molar-refractivity contribution is 5.93. The highest BCUT2D eigenvalue weighted by atomic mass is 19.1. The van der Waals surface area contributed by atoms with Crippen molar-refractivity contribution < 1.29 is 13.9 Å². The van der Waals surface area contributed by atoms with Crippen LogP contribution in [0.4, 0.5) is 10.1 Å². The number of carbonyl (C=O) groups excluding carboxylic acids is 1. The highest BCUT2D eigenvalue weighted by Crippen LogP contribution is 2.09. The first kappa shape index (κ1) is 12.7. The van der Waals surface area contributed by atoms with Gasteiger partial charge < -0.3 is 10.1 Å². The van der Waals surface area contributed by atoms with Gasteiger partial charge in [-0.25, -0.2) is 9.18 Å². The van der Waals surface area contributed by atoms with Crippen LogP contribution in [-0.4, -0.2) is 12.6 Å². The minimum absolute atomic E-state index is 0.170. The zero-order valence-corrected chi connectivity index (χ0v) is 9.24. The van der Waals surface area contributed by atoms with Crippen LogP contribution in [0.1, 0.15) is 6.92 Å². The lowest BCUT2D eigenvalue weighted by Gasteiger charge is -2.02. The van der Waals surface area contributed by atoms with Gasteiger partial charge in [0.25, 0.3) is 0 Å². The predicted octanol–water partition coefficient (Wildman–Crippen LogP) is 2.21. The summed E-state index contributed by atoms with van der Waals surface area (Å²) in [5.74, 6) is -1.11. The highest BCUT2D eigenvalue weighted by Gasteiger charge is 2.08. The number of hydrogen-bond donors (Lipinski definition) is 1. The molecule has 1 rings (SSSR count). The molecule has 4 nitrogen and oxygen atoms in total. The van der Waals surface area contributed by atoms with E-state index < -0.39 is 11.8 Å². The minimum atomic E-state index is -0.709. The van der Waals surface area contributed by atoms with E-state index in [4.69, 9.17) is 5.26 Å². The number of nitriles is 1. The molecule has 5 heteroatoms. The molecule has 0 radical (unpaired) electrons. The van der Waals surface area contributed by atoms with Crippen molar-refractivity contribution in [2.75, 3.05) is 11.9 Å². The molecule has 0 aromatic heterocycles. The van der Waals surface area contributed by atoms with Crippen molar-refractivity contribution in [1.29, 1.82) is 5.26 Å². The normalized spacial score (nSPS) is 10.5. The number of benzene rings is 1. The Labute approximate surface area is 98.3 Å². The summed E-state index contributed by atoms with van der Waals surface area (Å²) in [6.45, 7) is 1.84. The molecule has 0 spiro atoms. The summed E-state index contributed by atoms with van der Waals surface area (Å²) in [7, 11) is 0. The van der Waals surface area contributed by atoms with Gasteiger partial charge in [0.1, 0.15) is 11.9 Å². The van der Waals surface area contributed by atoms with E-state index in [0.29, 0.717) is 5.69 Å². The Morgan fingerprint density at radius 3 is 3.00 bits per heavy atom. The molecular weight excluding hydrogens is 223 g/mol. The second-order valence-corrected chi connectivity index (χ2v) is 3.04. The lowest BCUT2D eigenvalue weighted by Crippen LogP contribution is -2.07. The molecule has 0 heterocycles. The maximum atomic E-state index is 12.8. The van der Waals surface area contributed by atoms with E-state index in [0.717, 1.165) is 0 Å². The number of halogens is 1. The van der Waals surface area contributed by atoms with Crippen LogP contribution < -0.4 is 5.32 Å². The van der Waals surface area contributed by atoms with Crippen molar-refractivity contribution in [2.45, 2.75) is 6.92 Å². The van der Waals surface area contributed by atoms with Crippen LogP contribution >= 0.6 is 0 Å². The number of esters is 1. The van der Waals surface area contributed by atoms with E-state index in [1.807, 2.05) is 0 Å². The van der Waals surface area contributed by atoms with Gasteiger partial charge in [-0.3, -0.25) is 0 Å². The largest absolute Gasteiger partial charge is 0.462 e. The molecule has 0 unspecified atom stereocenters. The van der Waals surface area contributed by atoms with Crippen molar-refractivity contribution in [3.05, 3.63) is 41.9 Å². The molecule has 1 N–H and O–H groups in total. The lowest BCUT2D eigenvalue weighted by molar-refractivity contribution is -0.138. The first-order valence-electron chi connectivity index (χ1n) is 4.97. The van der Waals surface area contributed by atoms with E-state index in [1.165, 1.54) is 24.4 Å². The van der Waals surface area contributed by atoms with E-state index in [2.05, 4.69) is 10.1 Å². The summed E-state index contributed by atoms with van der Waals surface area (Å²) in [6, 6.07) is 7.37. The van der Waals surface area contributed by atoms with E-state index in [-0.39, 0.29) is 12.2 Å². The van der Waals surface area contributed by atoms with Crippen molar-refractivity contribution in [2.24, 2.45) is 0 Å². The number of rotatable bonds is 4. The standard InChI is InChI=1S/C12H11FN2O2/c1-2-17-12(16)9(7-14)8-15-11-5-3-4-10(13)6-11/h3-6,8,15H,2H2,1H3/b9-8-. The first-order chi connectivity index (χ1) is 8.17. The number of nitrogens with one attached hydrogen (secondary N) is 1. The zero-order chi connectivity index (χ0) is 12.7. The molecule has 0 saturated carbocycles. The zero-order valence-electron chi connectivity index (χ0n) is 9.24. The van der Waals surface area contributed by atoms with Crippen molar-refractivity contribution in [3.63, 3.8) is 0 Å². The number of nitrogens with zero attached hydrogens (tertiary/aromatic N) is 1. The Morgan fingerprint density at radius 2 is 2.41 bits per heavy atom. The van der Waals surface area contributed by atoms with Gasteiger partial charge in [0, 0.05) is 11.9 Å². The van der Waals surface area contributed by atoms with Crippen LogP contribution in [0.2, 0.25) is 0 Å². The Kier molecular flexibility index (Phi) is 4.70. The Morgan fingerprint density at radius 1 is 1.65 bits per heavy atom. The molecule has 1 aromatic rings. The van der Waals surface area contributed by atoms with E-state index >= 15 is 0 Å². The second kappa shape index (κ2) is 6.28. The fraction of sp³-hybridized carbons (Fsp3) is 0.167. The molecular formula is C12H11FN2O2. The lowest BCUT2D eigenvalue weighted by atomic mass is 10.3. The Balaban J connectivity index is 2.75. The van der Waals surface area contributed by atoms with Gasteiger partial charge in [0.15, 0.2) is 5.57 Å². The predicted molar refractivity (Wildman–Crippen MR) is 60.4 cm³/mol. The summed E-state index contributed by atoms with van der Waals surface area (Å²) >= 11 is 0. The second-order valence-electron chi connectivity index (χ2n) is 3.04. The van der Waals surface area contributed by atoms with Crippen LogP contribution in [0.25, 0.3) is 0 Å². The van der Waals surface area contributed by atoms with Crippen LogP contribution in [0, 0.1) is 17.1 Å². The molecule has 0 saturated heterocycles. The summed E-state index contributed by atoms with van der Waals surface area (Å²) in [6.07, 6.45) is 1.19. The van der Waals surface area contributed by atoms with Crippen LogP contribution in [0.5, 0.6) is 0 Å². The topological polar surface area (TPSA) is 62.1 Å². The van der Waals surface area contributed by atoms with E-state index in [1.54, 1.807) is 19.1 Å². The number of ether oxygens (including phenoxy) is 1. The first-order valence-corrected chi connectivity index (χ1v) is 4.97. The van der Waals surface area contributed by atoms with Crippen LogP contribution in [0.3, 0.4) is 0 Å². The molecule has 0 aliphatic carbocycles. The Hall–Kier alpha value is -2.35. The third kappa shape index (κ3) is 3.95. The summed E-state index contributed by atoms with van der Waals surface area (Å²) in [5.41, 5.74) is 0.276. The molecule has 0 atom stereocenters. The number of carbonyl (C=O) groups is 1. The monoisotopic (exact) mass is 234 g/mol.